The standard InChI is InChI=1S/C16H23N3OS/c1-4-19(14-7-5-13(2)6-8-14)16-18-12-15(21-16)11-17-9-10-20-3/h5-8,12,17H,4,9-11H2,1-3H3. The van der Waals surface area contributed by atoms with Crippen LogP contribution in [0.2, 0.25) is 0 Å². The number of aromatic nitrogens is 1. The molecule has 0 atom stereocenters. The van der Waals surface area contributed by atoms with Gasteiger partial charge in [0.1, 0.15) is 0 Å². The first-order valence-electron chi connectivity index (χ1n) is 7.23. The molecule has 2 aromatic rings. The summed E-state index contributed by atoms with van der Waals surface area (Å²) in [6.45, 7) is 7.60. The highest BCUT2D eigenvalue weighted by Crippen LogP contribution is 2.29. The van der Waals surface area contributed by atoms with E-state index in [0.717, 1.165) is 31.4 Å². The lowest BCUT2D eigenvalue weighted by atomic mass is 10.2. The number of rotatable bonds is 8. The average Bonchev–Trinajstić information content (AvgIpc) is 2.95. The molecule has 0 saturated carbocycles. The smallest absolute Gasteiger partial charge is 0.190 e. The van der Waals surface area contributed by atoms with Gasteiger partial charge in [-0.1, -0.05) is 17.7 Å². The highest BCUT2D eigenvalue weighted by molar-refractivity contribution is 7.15. The first-order valence-corrected chi connectivity index (χ1v) is 8.04. The summed E-state index contributed by atoms with van der Waals surface area (Å²) < 4.78 is 5.03. The molecule has 0 aliphatic carbocycles. The molecule has 0 unspecified atom stereocenters. The summed E-state index contributed by atoms with van der Waals surface area (Å²) in [6, 6.07) is 8.57. The van der Waals surface area contributed by atoms with Gasteiger partial charge in [0.25, 0.3) is 0 Å². The van der Waals surface area contributed by atoms with E-state index < -0.39 is 0 Å². The maximum atomic E-state index is 5.03. The third-order valence-corrected chi connectivity index (χ3v) is 4.24. The van der Waals surface area contributed by atoms with Gasteiger partial charge in [-0.25, -0.2) is 4.98 Å². The minimum absolute atomic E-state index is 0.732. The molecule has 1 N–H and O–H groups in total. The Bertz CT molecular complexity index is 539. The molecule has 0 aliphatic rings. The quantitative estimate of drug-likeness (QED) is 0.759. The number of aryl methyl sites for hydroxylation is 1. The van der Waals surface area contributed by atoms with Crippen molar-refractivity contribution in [1.29, 1.82) is 0 Å². The topological polar surface area (TPSA) is 37.4 Å². The number of thiazole rings is 1. The number of ether oxygens (including phenoxy) is 1. The van der Waals surface area contributed by atoms with Crippen molar-refractivity contribution >= 4 is 22.2 Å². The zero-order valence-corrected chi connectivity index (χ0v) is 13.7. The van der Waals surface area contributed by atoms with Crippen molar-refractivity contribution in [2.24, 2.45) is 0 Å². The van der Waals surface area contributed by atoms with Crippen LogP contribution in [0.3, 0.4) is 0 Å². The van der Waals surface area contributed by atoms with Gasteiger partial charge < -0.3 is 15.0 Å². The van der Waals surface area contributed by atoms with Crippen LogP contribution in [0.1, 0.15) is 17.4 Å². The Morgan fingerprint density at radius 3 is 2.71 bits per heavy atom. The lowest BCUT2D eigenvalue weighted by Gasteiger charge is -2.19. The molecule has 0 amide bonds. The van der Waals surface area contributed by atoms with Crippen LogP contribution < -0.4 is 10.2 Å². The van der Waals surface area contributed by atoms with E-state index >= 15 is 0 Å². The number of benzene rings is 1. The predicted molar refractivity (Wildman–Crippen MR) is 89.6 cm³/mol. The van der Waals surface area contributed by atoms with E-state index in [4.69, 9.17) is 4.74 Å². The molecule has 0 bridgehead atoms. The van der Waals surface area contributed by atoms with E-state index in [-0.39, 0.29) is 0 Å². The molecule has 1 aromatic heterocycles. The Hall–Kier alpha value is -1.43. The van der Waals surface area contributed by atoms with Crippen LogP contribution in [-0.4, -0.2) is 31.8 Å². The zero-order chi connectivity index (χ0) is 15.1. The Balaban J connectivity index is 2.02. The number of nitrogens with zero attached hydrogens (tertiary/aromatic N) is 2. The first kappa shape index (κ1) is 15.9. The number of hydrogen-bond donors (Lipinski definition) is 1. The molecule has 0 fully saturated rings. The van der Waals surface area contributed by atoms with Crippen molar-refractivity contribution in [2.45, 2.75) is 20.4 Å². The highest BCUT2D eigenvalue weighted by atomic mass is 32.1. The number of nitrogens with one attached hydrogen (secondary N) is 1. The molecule has 21 heavy (non-hydrogen) atoms. The van der Waals surface area contributed by atoms with E-state index in [2.05, 4.69) is 53.3 Å². The Morgan fingerprint density at radius 2 is 2.05 bits per heavy atom. The molecular weight excluding hydrogens is 282 g/mol. The lowest BCUT2D eigenvalue weighted by molar-refractivity contribution is 0.199. The van der Waals surface area contributed by atoms with Gasteiger partial charge in [0.15, 0.2) is 5.13 Å². The van der Waals surface area contributed by atoms with Gasteiger partial charge in [0.05, 0.1) is 6.61 Å². The van der Waals surface area contributed by atoms with Crippen molar-refractivity contribution < 1.29 is 4.74 Å². The normalized spacial score (nSPS) is 10.8. The van der Waals surface area contributed by atoms with Crippen LogP contribution in [0.5, 0.6) is 0 Å². The molecule has 0 aliphatic heterocycles. The van der Waals surface area contributed by atoms with Gasteiger partial charge in [0, 0.05) is 43.5 Å². The van der Waals surface area contributed by atoms with Crippen LogP contribution in [0.15, 0.2) is 30.5 Å². The summed E-state index contributed by atoms with van der Waals surface area (Å²) in [5.41, 5.74) is 2.47. The molecule has 0 spiro atoms. The maximum Gasteiger partial charge on any atom is 0.190 e. The minimum atomic E-state index is 0.732. The van der Waals surface area contributed by atoms with E-state index in [1.807, 2.05) is 6.20 Å². The van der Waals surface area contributed by atoms with Gasteiger partial charge in [-0.15, -0.1) is 11.3 Å². The van der Waals surface area contributed by atoms with Crippen LogP contribution in [0.25, 0.3) is 0 Å². The molecule has 2 rings (SSSR count). The molecule has 114 valence electrons. The molecule has 0 radical (unpaired) electrons. The summed E-state index contributed by atoms with van der Waals surface area (Å²) >= 11 is 1.73. The second-order valence-electron chi connectivity index (χ2n) is 4.86. The van der Waals surface area contributed by atoms with E-state index in [1.165, 1.54) is 16.1 Å². The summed E-state index contributed by atoms with van der Waals surface area (Å²) in [7, 11) is 1.72. The highest BCUT2D eigenvalue weighted by Gasteiger charge is 2.11. The molecule has 1 heterocycles. The average molecular weight is 305 g/mol. The molecule has 5 heteroatoms. The summed E-state index contributed by atoms with van der Waals surface area (Å²) in [6.07, 6.45) is 1.96. The Morgan fingerprint density at radius 1 is 1.29 bits per heavy atom. The van der Waals surface area contributed by atoms with Crippen molar-refractivity contribution in [3.8, 4) is 0 Å². The molecule has 4 nitrogen and oxygen atoms in total. The second kappa shape index (κ2) is 8.12. The fourth-order valence-corrected chi connectivity index (χ4v) is 3.01. The summed E-state index contributed by atoms with van der Waals surface area (Å²) in [5, 5.41) is 4.39. The van der Waals surface area contributed by atoms with Gasteiger partial charge in [-0.05, 0) is 26.0 Å². The van der Waals surface area contributed by atoms with Crippen molar-refractivity contribution in [3.05, 3.63) is 40.9 Å². The largest absolute Gasteiger partial charge is 0.383 e. The summed E-state index contributed by atoms with van der Waals surface area (Å²) in [5.74, 6) is 0. The Kier molecular flexibility index (Phi) is 6.17. The maximum absolute atomic E-state index is 5.03. The van der Waals surface area contributed by atoms with E-state index in [1.54, 1.807) is 18.4 Å². The van der Waals surface area contributed by atoms with Crippen LogP contribution in [0.4, 0.5) is 10.8 Å². The molecular formula is C16H23N3OS. The van der Waals surface area contributed by atoms with Crippen molar-refractivity contribution in [2.75, 3.05) is 31.7 Å². The van der Waals surface area contributed by atoms with Crippen LogP contribution >= 0.6 is 11.3 Å². The monoisotopic (exact) mass is 305 g/mol. The van der Waals surface area contributed by atoms with Gasteiger partial charge in [-0.2, -0.15) is 0 Å². The SMILES string of the molecule is CCN(c1ccc(C)cc1)c1ncc(CNCCOC)s1. The first-order chi connectivity index (χ1) is 10.2. The number of anilines is 2. The third kappa shape index (κ3) is 4.52. The van der Waals surface area contributed by atoms with E-state index in [0.29, 0.717) is 0 Å². The van der Waals surface area contributed by atoms with Crippen LogP contribution in [-0.2, 0) is 11.3 Å². The fraction of sp³-hybridized carbons (Fsp3) is 0.438. The third-order valence-electron chi connectivity index (χ3n) is 3.22. The Labute approximate surface area is 130 Å². The minimum Gasteiger partial charge on any atom is -0.383 e. The van der Waals surface area contributed by atoms with Crippen LogP contribution in [0, 0.1) is 6.92 Å². The lowest BCUT2D eigenvalue weighted by Crippen LogP contribution is -2.17. The summed E-state index contributed by atoms with van der Waals surface area (Å²) in [4.78, 5) is 8.04. The van der Waals surface area contributed by atoms with E-state index in [9.17, 15) is 0 Å². The van der Waals surface area contributed by atoms with Crippen molar-refractivity contribution in [1.82, 2.24) is 10.3 Å². The van der Waals surface area contributed by atoms with Crippen molar-refractivity contribution in [3.63, 3.8) is 0 Å². The second-order valence-corrected chi connectivity index (χ2v) is 5.95. The number of hydrogen-bond acceptors (Lipinski definition) is 5. The van der Waals surface area contributed by atoms with Gasteiger partial charge in [0.2, 0.25) is 0 Å². The number of methoxy groups -OCH3 is 1. The predicted octanol–water partition coefficient (Wildman–Crippen LogP) is 3.35. The van der Waals surface area contributed by atoms with Gasteiger partial charge >= 0.3 is 0 Å². The van der Waals surface area contributed by atoms with Gasteiger partial charge in [-0.3, -0.25) is 0 Å². The zero-order valence-electron chi connectivity index (χ0n) is 12.9. The molecule has 0 saturated heterocycles. The fourth-order valence-electron chi connectivity index (χ4n) is 2.04. The molecule has 1 aromatic carbocycles.